The number of rotatable bonds is 8. The van der Waals surface area contributed by atoms with E-state index >= 15 is 0 Å². The Kier molecular flexibility index (Phi) is 6.61. The Hall–Kier alpha value is -3.10. The molecule has 0 saturated carbocycles. The minimum atomic E-state index is -2.64. The molecule has 2 unspecified atom stereocenters. The van der Waals surface area contributed by atoms with Gasteiger partial charge in [0.15, 0.2) is 11.5 Å². The highest BCUT2D eigenvalue weighted by molar-refractivity contribution is 5.78. The van der Waals surface area contributed by atoms with Crippen LogP contribution >= 0.6 is 0 Å². The summed E-state index contributed by atoms with van der Waals surface area (Å²) < 4.78 is 5.34. The number of nitrogens with two attached hydrogens (primary N) is 1. The zero-order valence-corrected chi connectivity index (χ0v) is 15.3. The van der Waals surface area contributed by atoms with Gasteiger partial charge in [-0.3, -0.25) is 10.5 Å². The van der Waals surface area contributed by atoms with Gasteiger partial charge in [-0.2, -0.15) is 0 Å². The van der Waals surface area contributed by atoms with Crippen molar-refractivity contribution in [1.82, 2.24) is 0 Å². The van der Waals surface area contributed by atoms with Crippen LogP contribution in [0.1, 0.15) is 42.9 Å². The number of carboxylic acid groups (broad SMARTS) is 1. The largest absolute Gasteiger partial charge is 0.504 e. The molecule has 0 aliphatic heterocycles. The fourth-order valence-electron chi connectivity index (χ4n) is 3.03. The molecule has 0 aliphatic carbocycles. The standard InChI is InChI=1S/C20H23NO7/c1-12(22)28-18(13-5-3-2-4-6-13)10-8-15(20(21,27)19(25)26)14-7-9-16(23)17(24)11-14/h2-7,9,11,15,18,23-24,27H,8,10,21H2,1H3,(H,25,26)/t15?,18?,20-/m0/s1. The molecule has 0 radical (unpaired) electrons. The number of carbonyl (C=O) groups excluding carboxylic acids is 1. The maximum absolute atomic E-state index is 11.5. The summed E-state index contributed by atoms with van der Waals surface area (Å²) in [5, 5.41) is 38.9. The zero-order chi connectivity index (χ0) is 20.9. The van der Waals surface area contributed by atoms with Crippen LogP contribution in [-0.4, -0.2) is 38.1 Å². The molecule has 0 heterocycles. The Bertz CT molecular complexity index is 836. The van der Waals surface area contributed by atoms with Crippen LogP contribution in [0, 0.1) is 0 Å². The average molecular weight is 389 g/mol. The lowest BCUT2D eigenvalue weighted by Gasteiger charge is -2.30. The van der Waals surface area contributed by atoms with Gasteiger partial charge < -0.3 is 25.2 Å². The van der Waals surface area contributed by atoms with Gasteiger partial charge >= 0.3 is 11.9 Å². The summed E-state index contributed by atoms with van der Waals surface area (Å²) >= 11 is 0. The number of phenolic OH excluding ortho intramolecular Hbond substituents is 2. The van der Waals surface area contributed by atoms with Crippen LogP contribution in [0.5, 0.6) is 11.5 Å². The highest BCUT2D eigenvalue weighted by Gasteiger charge is 2.42. The van der Waals surface area contributed by atoms with Crippen LogP contribution in [0.2, 0.25) is 0 Å². The van der Waals surface area contributed by atoms with Crippen LogP contribution < -0.4 is 5.73 Å². The fraction of sp³-hybridized carbons (Fsp3) is 0.300. The molecule has 2 aromatic rings. The topological polar surface area (TPSA) is 150 Å². The molecule has 8 heteroatoms. The van der Waals surface area contributed by atoms with E-state index < -0.39 is 35.4 Å². The van der Waals surface area contributed by atoms with E-state index in [0.29, 0.717) is 5.56 Å². The van der Waals surface area contributed by atoms with Crippen molar-refractivity contribution in [1.29, 1.82) is 0 Å². The first-order valence-corrected chi connectivity index (χ1v) is 8.61. The summed E-state index contributed by atoms with van der Waals surface area (Å²) in [6.45, 7) is 1.27. The first kappa shape index (κ1) is 21.2. The monoisotopic (exact) mass is 389 g/mol. The molecule has 150 valence electrons. The Labute approximate surface area is 161 Å². The molecule has 0 fully saturated rings. The van der Waals surface area contributed by atoms with Crippen molar-refractivity contribution in [3.63, 3.8) is 0 Å². The van der Waals surface area contributed by atoms with E-state index in [2.05, 4.69) is 0 Å². The lowest BCUT2D eigenvalue weighted by molar-refractivity contribution is -0.161. The SMILES string of the molecule is CC(=O)OC(CCC(c1ccc(O)c(O)c1)[C@](N)(O)C(=O)O)c1ccccc1. The van der Waals surface area contributed by atoms with Gasteiger partial charge in [0.2, 0.25) is 5.72 Å². The van der Waals surface area contributed by atoms with Gasteiger partial charge in [0.05, 0.1) is 0 Å². The molecule has 2 rings (SSSR count). The van der Waals surface area contributed by atoms with E-state index in [1.54, 1.807) is 30.3 Å². The normalized spacial score (nSPS) is 15.2. The van der Waals surface area contributed by atoms with Gasteiger partial charge in [-0.1, -0.05) is 36.4 Å². The molecule has 2 aromatic carbocycles. The predicted octanol–water partition coefficient (Wildman–Crippen LogP) is 2.00. The van der Waals surface area contributed by atoms with E-state index in [9.17, 15) is 30.0 Å². The molecule has 3 atom stereocenters. The number of hydrogen-bond acceptors (Lipinski definition) is 7. The van der Waals surface area contributed by atoms with Crippen LogP contribution in [0.3, 0.4) is 0 Å². The summed E-state index contributed by atoms with van der Waals surface area (Å²) in [5.74, 6) is -4.15. The number of aromatic hydroxyl groups is 2. The van der Waals surface area contributed by atoms with Gasteiger partial charge in [0.1, 0.15) is 6.10 Å². The maximum atomic E-state index is 11.5. The number of ether oxygens (including phenoxy) is 1. The number of carboxylic acids is 1. The molecule has 0 spiro atoms. The van der Waals surface area contributed by atoms with Crippen LogP contribution in [0.25, 0.3) is 0 Å². The number of esters is 1. The van der Waals surface area contributed by atoms with E-state index in [0.717, 1.165) is 6.07 Å². The van der Waals surface area contributed by atoms with Gasteiger partial charge in [-0.25, -0.2) is 4.79 Å². The smallest absolute Gasteiger partial charge is 0.351 e. The summed E-state index contributed by atoms with van der Waals surface area (Å²) in [7, 11) is 0. The molecule has 28 heavy (non-hydrogen) atoms. The van der Waals surface area contributed by atoms with Gasteiger partial charge in [-0.05, 0) is 36.1 Å². The van der Waals surface area contributed by atoms with E-state index in [1.165, 1.54) is 19.1 Å². The van der Waals surface area contributed by atoms with Gasteiger partial charge in [0, 0.05) is 12.8 Å². The molecule has 0 amide bonds. The Morgan fingerprint density at radius 1 is 1.04 bits per heavy atom. The minimum Gasteiger partial charge on any atom is -0.504 e. The fourth-order valence-corrected chi connectivity index (χ4v) is 3.03. The number of phenols is 2. The van der Waals surface area contributed by atoms with Crippen molar-refractivity contribution >= 4 is 11.9 Å². The van der Waals surface area contributed by atoms with Crippen molar-refractivity contribution in [3.05, 3.63) is 59.7 Å². The Morgan fingerprint density at radius 3 is 2.21 bits per heavy atom. The Balaban J connectivity index is 2.34. The molecule has 8 nitrogen and oxygen atoms in total. The second kappa shape index (κ2) is 8.73. The van der Waals surface area contributed by atoms with E-state index in [-0.39, 0.29) is 24.2 Å². The molecule has 0 bridgehead atoms. The summed E-state index contributed by atoms with van der Waals surface area (Å²) in [6, 6.07) is 12.6. The number of carbonyl (C=O) groups is 2. The lowest BCUT2D eigenvalue weighted by Crippen LogP contribution is -2.53. The molecule has 0 saturated heterocycles. The molecule has 6 N–H and O–H groups in total. The number of aliphatic hydroxyl groups is 1. The Morgan fingerprint density at radius 2 is 1.68 bits per heavy atom. The van der Waals surface area contributed by atoms with Crippen LogP contribution in [-0.2, 0) is 14.3 Å². The van der Waals surface area contributed by atoms with Gasteiger partial charge in [0.25, 0.3) is 0 Å². The predicted molar refractivity (Wildman–Crippen MR) is 99.5 cm³/mol. The average Bonchev–Trinajstić information content (AvgIpc) is 2.64. The minimum absolute atomic E-state index is 0.0242. The highest BCUT2D eigenvalue weighted by Crippen LogP contribution is 2.37. The number of benzene rings is 2. The highest BCUT2D eigenvalue weighted by atomic mass is 16.5. The van der Waals surface area contributed by atoms with E-state index in [1.807, 2.05) is 0 Å². The molecule has 0 aliphatic rings. The third-order valence-corrected chi connectivity index (χ3v) is 4.47. The third-order valence-electron chi connectivity index (χ3n) is 4.47. The summed E-state index contributed by atoms with van der Waals surface area (Å²) in [5.41, 5.74) is 3.95. The van der Waals surface area contributed by atoms with Crippen LogP contribution in [0.15, 0.2) is 48.5 Å². The van der Waals surface area contributed by atoms with Crippen LogP contribution in [0.4, 0.5) is 0 Å². The summed E-state index contributed by atoms with van der Waals surface area (Å²) in [4.78, 5) is 23.0. The van der Waals surface area contributed by atoms with Crippen molar-refractivity contribution in [2.45, 2.75) is 37.5 Å². The lowest BCUT2D eigenvalue weighted by atomic mass is 9.83. The number of hydrogen-bond donors (Lipinski definition) is 5. The first-order valence-electron chi connectivity index (χ1n) is 8.61. The molecular weight excluding hydrogens is 366 g/mol. The number of aliphatic carboxylic acids is 1. The summed E-state index contributed by atoms with van der Waals surface area (Å²) in [6.07, 6.45) is -0.476. The van der Waals surface area contributed by atoms with Gasteiger partial charge in [-0.15, -0.1) is 0 Å². The zero-order valence-electron chi connectivity index (χ0n) is 15.3. The van der Waals surface area contributed by atoms with E-state index in [4.69, 9.17) is 10.5 Å². The van der Waals surface area contributed by atoms with Crippen molar-refractivity contribution in [2.75, 3.05) is 0 Å². The quantitative estimate of drug-likeness (QED) is 0.261. The second-order valence-electron chi connectivity index (χ2n) is 6.52. The van der Waals surface area contributed by atoms with Crippen molar-refractivity contribution in [3.8, 4) is 11.5 Å². The third kappa shape index (κ3) is 4.99. The van der Waals surface area contributed by atoms with Crippen molar-refractivity contribution < 1.29 is 34.8 Å². The van der Waals surface area contributed by atoms with Crippen molar-refractivity contribution in [2.24, 2.45) is 5.73 Å². The molecule has 0 aromatic heterocycles. The maximum Gasteiger partial charge on any atom is 0.351 e. The first-order chi connectivity index (χ1) is 13.1. The molecular formula is C20H23NO7. The second-order valence-corrected chi connectivity index (χ2v) is 6.52.